The minimum atomic E-state index is -0.488. The van der Waals surface area contributed by atoms with Crippen molar-refractivity contribution in [2.75, 3.05) is 0 Å². The van der Waals surface area contributed by atoms with Crippen molar-refractivity contribution in [1.82, 2.24) is 5.32 Å². The highest BCUT2D eigenvalue weighted by molar-refractivity contribution is 6.24. The zero-order valence-electron chi connectivity index (χ0n) is 28.8. The number of nitrogens with zero attached hydrogens (tertiary/aromatic N) is 2. The summed E-state index contributed by atoms with van der Waals surface area (Å²) in [6, 6.07) is 65.7. The van der Waals surface area contributed by atoms with Gasteiger partial charge in [-0.05, 0) is 62.4 Å². The molecule has 0 amide bonds. The van der Waals surface area contributed by atoms with Crippen LogP contribution in [0.15, 0.2) is 202 Å². The maximum absolute atomic E-state index is 6.56. The quantitative estimate of drug-likeness (QED) is 0.190. The summed E-state index contributed by atoms with van der Waals surface area (Å²) in [4.78, 5) is 10.7. The molecule has 1 aliphatic rings. The van der Waals surface area contributed by atoms with E-state index in [-0.39, 0.29) is 0 Å². The molecule has 0 spiro atoms. The van der Waals surface area contributed by atoms with E-state index in [1.165, 1.54) is 27.6 Å². The summed E-state index contributed by atoms with van der Waals surface area (Å²) in [7, 11) is 0. The standard InChI is InChI=1S/C49H33N3O/c1-4-14-32(15-5-1)33-24-26-34(27-25-33)37-30-43(46-42-22-12-13-23-44(42)53-45(46)31-37)49-51-47(36-18-8-3-9-19-36)50-48(52-49)41-29-28-38(35-16-6-2-7-17-35)39-20-10-11-21-40(39)41/h1-31,48H,(H,50,51,52). The highest BCUT2D eigenvalue weighted by atomic mass is 16.3. The van der Waals surface area contributed by atoms with Gasteiger partial charge in [-0.15, -0.1) is 0 Å². The third kappa shape index (κ3) is 5.58. The first kappa shape index (κ1) is 30.8. The molecule has 1 aromatic heterocycles. The van der Waals surface area contributed by atoms with Crippen LogP contribution >= 0.6 is 0 Å². The third-order valence-corrected chi connectivity index (χ3v) is 10.2. The fraction of sp³-hybridized carbons (Fsp3) is 0.0204. The van der Waals surface area contributed by atoms with Gasteiger partial charge in [0.2, 0.25) is 0 Å². The maximum Gasteiger partial charge on any atom is 0.170 e. The maximum atomic E-state index is 6.56. The van der Waals surface area contributed by atoms with Crippen molar-refractivity contribution in [3.8, 4) is 33.4 Å². The number of benzene rings is 8. The summed E-state index contributed by atoms with van der Waals surface area (Å²) < 4.78 is 6.56. The molecule has 10 rings (SSSR count). The Bertz CT molecular complexity index is 2840. The van der Waals surface area contributed by atoms with Crippen molar-refractivity contribution in [1.29, 1.82) is 0 Å². The Balaban J connectivity index is 1.17. The van der Waals surface area contributed by atoms with E-state index < -0.39 is 6.17 Å². The Morgan fingerprint density at radius 3 is 1.64 bits per heavy atom. The fourth-order valence-electron chi connectivity index (χ4n) is 7.58. The van der Waals surface area contributed by atoms with Crippen molar-refractivity contribution >= 4 is 44.4 Å². The lowest BCUT2D eigenvalue weighted by Crippen LogP contribution is -2.36. The highest BCUT2D eigenvalue weighted by Crippen LogP contribution is 2.39. The average molecular weight is 680 g/mol. The number of furan rings is 1. The molecule has 0 fully saturated rings. The second-order valence-corrected chi connectivity index (χ2v) is 13.4. The predicted molar refractivity (Wildman–Crippen MR) is 219 cm³/mol. The summed E-state index contributed by atoms with van der Waals surface area (Å²) in [5.74, 6) is 1.52. The first-order valence-corrected chi connectivity index (χ1v) is 17.9. The average Bonchev–Trinajstić information content (AvgIpc) is 3.62. The van der Waals surface area contributed by atoms with E-state index in [1.54, 1.807) is 0 Å². The molecule has 0 bridgehead atoms. The summed E-state index contributed by atoms with van der Waals surface area (Å²) >= 11 is 0. The Hall–Kier alpha value is -7.04. The lowest BCUT2D eigenvalue weighted by atomic mass is 9.93. The minimum Gasteiger partial charge on any atom is -0.456 e. The van der Waals surface area contributed by atoms with Gasteiger partial charge in [0, 0.05) is 27.5 Å². The molecule has 0 radical (unpaired) electrons. The molecule has 53 heavy (non-hydrogen) atoms. The van der Waals surface area contributed by atoms with Crippen LogP contribution in [0, 0.1) is 0 Å². The van der Waals surface area contributed by atoms with Gasteiger partial charge in [0.15, 0.2) is 6.17 Å². The first-order chi connectivity index (χ1) is 26.3. The molecule has 1 aliphatic heterocycles. The number of aliphatic imine (C=N–C) groups is 2. The van der Waals surface area contributed by atoms with Gasteiger partial charge in [-0.25, -0.2) is 9.98 Å². The largest absolute Gasteiger partial charge is 0.456 e. The van der Waals surface area contributed by atoms with Crippen LogP contribution in [0.2, 0.25) is 0 Å². The second-order valence-electron chi connectivity index (χ2n) is 13.4. The monoisotopic (exact) mass is 679 g/mol. The van der Waals surface area contributed by atoms with Crippen LogP contribution in [-0.2, 0) is 0 Å². The number of hydrogen-bond acceptors (Lipinski definition) is 4. The van der Waals surface area contributed by atoms with Gasteiger partial charge >= 0.3 is 0 Å². The highest BCUT2D eigenvalue weighted by Gasteiger charge is 2.26. The molecule has 9 aromatic rings. The Labute approximate surface area is 307 Å². The van der Waals surface area contributed by atoms with Crippen molar-refractivity contribution in [3.63, 3.8) is 0 Å². The number of rotatable bonds is 6. The van der Waals surface area contributed by atoms with Gasteiger partial charge in [-0.3, -0.25) is 0 Å². The number of nitrogens with one attached hydrogen (secondary N) is 1. The smallest absolute Gasteiger partial charge is 0.170 e. The van der Waals surface area contributed by atoms with Crippen LogP contribution in [0.1, 0.15) is 22.9 Å². The summed E-state index contributed by atoms with van der Waals surface area (Å²) in [6.07, 6.45) is -0.488. The van der Waals surface area contributed by atoms with Gasteiger partial charge in [0.1, 0.15) is 22.8 Å². The topological polar surface area (TPSA) is 49.9 Å². The van der Waals surface area contributed by atoms with Crippen LogP contribution in [-0.4, -0.2) is 11.7 Å². The number of amidine groups is 2. The van der Waals surface area contributed by atoms with Crippen LogP contribution in [0.3, 0.4) is 0 Å². The van der Waals surface area contributed by atoms with Crippen LogP contribution in [0.4, 0.5) is 0 Å². The minimum absolute atomic E-state index is 0.488. The van der Waals surface area contributed by atoms with Gasteiger partial charge < -0.3 is 9.73 Å². The fourth-order valence-corrected chi connectivity index (χ4v) is 7.58. The summed E-state index contributed by atoms with van der Waals surface area (Å²) in [6.45, 7) is 0. The van der Waals surface area contributed by atoms with E-state index in [2.05, 4.69) is 157 Å². The molecule has 1 unspecified atom stereocenters. The van der Waals surface area contributed by atoms with E-state index in [1.807, 2.05) is 36.4 Å². The van der Waals surface area contributed by atoms with Gasteiger partial charge in [-0.2, -0.15) is 0 Å². The second kappa shape index (κ2) is 12.9. The molecular weight excluding hydrogens is 647 g/mol. The molecule has 0 saturated carbocycles. The van der Waals surface area contributed by atoms with Crippen molar-refractivity contribution in [2.24, 2.45) is 9.98 Å². The molecule has 4 heteroatoms. The zero-order chi connectivity index (χ0) is 35.1. The van der Waals surface area contributed by atoms with E-state index in [0.717, 1.165) is 66.8 Å². The molecular formula is C49H33N3O. The van der Waals surface area contributed by atoms with Crippen molar-refractivity contribution in [2.45, 2.75) is 6.17 Å². The Morgan fingerprint density at radius 1 is 0.377 bits per heavy atom. The summed E-state index contributed by atoms with van der Waals surface area (Å²) in [5.41, 5.74) is 11.5. The SMILES string of the molecule is c1ccc(C2=NC(c3ccc(-c4ccccc4)c4ccccc34)N=C(c3cc(-c4ccc(-c5ccccc5)cc4)cc4oc5ccccc5c34)N2)cc1. The zero-order valence-corrected chi connectivity index (χ0v) is 28.8. The lowest BCUT2D eigenvalue weighted by Gasteiger charge is -2.24. The number of fused-ring (bicyclic) bond motifs is 4. The van der Waals surface area contributed by atoms with Crippen LogP contribution in [0.25, 0.3) is 66.1 Å². The normalized spacial score (nSPS) is 14.2. The molecule has 4 nitrogen and oxygen atoms in total. The number of para-hydroxylation sites is 1. The third-order valence-electron chi connectivity index (χ3n) is 10.2. The van der Waals surface area contributed by atoms with E-state index in [9.17, 15) is 0 Å². The van der Waals surface area contributed by atoms with Gasteiger partial charge in [0.25, 0.3) is 0 Å². The Kier molecular flexibility index (Phi) is 7.51. The van der Waals surface area contributed by atoms with E-state index in [0.29, 0.717) is 0 Å². The Morgan fingerprint density at radius 2 is 0.925 bits per heavy atom. The van der Waals surface area contributed by atoms with Crippen LogP contribution in [0.5, 0.6) is 0 Å². The first-order valence-electron chi connectivity index (χ1n) is 17.9. The van der Waals surface area contributed by atoms with Crippen molar-refractivity contribution in [3.05, 3.63) is 205 Å². The molecule has 0 aliphatic carbocycles. The van der Waals surface area contributed by atoms with Crippen molar-refractivity contribution < 1.29 is 4.42 Å². The number of hydrogen-bond donors (Lipinski definition) is 1. The van der Waals surface area contributed by atoms with Gasteiger partial charge in [-0.1, -0.05) is 170 Å². The molecule has 1 atom stereocenters. The molecule has 250 valence electrons. The molecule has 0 saturated heterocycles. The van der Waals surface area contributed by atoms with E-state index in [4.69, 9.17) is 14.4 Å². The molecule has 2 heterocycles. The lowest BCUT2D eigenvalue weighted by molar-refractivity contribution is 0.669. The van der Waals surface area contributed by atoms with E-state index >= 15 is 0 Å². The summed E-state index contributed by atoms with van der Waals surface area (Å²) in [5, 5.41) is 8.06. The van der Waals surface area contributed by atoms with Gasteiger partial charge in [0.05, 0.1) is 0 Å². The predicted octanol–water partition coefficient (Wildman–Crippen LogP) is 12.2. The molecule has 8 aromatic carbocycles. The van der Waals surface area contributed by atoms with Crippen LogP contribution < -0.4 is 5.32 Å². The molecule has 1 N–H and O–H groups in total.